The average molecular weight is 518 g/mol. The summed E-state index contributed by atoms with van der Waals surface area (Å²) >= 11 is 10.4. The number of rotatable bonds is 8. The maximum atomic E-state index is 13.3. The molecular formula is C24H25BrN2O2S2. The first kappa shape index (κ1) is 23.7. The summed E-state index contributed by atoms with van der Waals surface area (Å²) in [5.41, 5.74) is 1.97. The van der Waals surface area contributed by atoms with E-state index in [9.17, 15) is 9.59 Å². The van der Waals surface area contributed by atoms with Gasteiger partial charge in [-0.3, -0.25) is 14.5 Å². The Hall–Kier alpha value is -1.96. The zero-order valence-corrected chi connectivity index (χ0v) is 20.7. The summed E-state index contributed by atoms with van der Waals surface area (Å²) in [5, 5.41) is 2.98. The zero-order valence-electron chi connectivity index (χ0n) is 17.5. The van der Waals surface area contributed by atoms with Gasteiger partial charge in [-0.15, -0.1) is 0 Å². The molecule has 3 rings (SSSR count). The van der Waals surface area contributed by atoms with Crippen LogP contribution in [0.5, 0.6) is 0 Å². The number of allylic oxidation sites excluding steroid dienone is 1. The van der Waals surface area contributed by atoms with Crippen molar-refractivity contribution in [3.63, 3.8) is 0 Å². The molecule has 1 unspecified atom stereocenters. The van der Waals surface area contributed by atoms with Crippen LogP contribution in [0.2, 0.25) is 0 Å². The molecule has 0 aliphatic carbocycles. The average Bonchev–Trinajstić information content (AvgIpc) is 3.05. The Balaban J connectivity index is 1.85. The number of hydrogen-bond acceptors (Lipinski definition) is 4. The number of halogens is 1. The van der Waals surface area contributed by atoms with E-state index in [1.54, 1.807) is 0 Å². The lowest BCUT2D eigenvalue weighted by molar-refractivity contribution is -0.132. The van der Waals surface area contributed by atoms with Gasteiger partial charge in [0.2, 0.25) is 5.91 Å². The fourth-order valence-corrected chi connectivity index (χ4v) is 5.69. The SMILES string of the molecule is CC(C)C/C(Br)=C1\SC(=S)N(C(Cc2ccccc2)C(=O)NCc2ccccc2)C1=O. The van der Waals surface area contributed by atoms with E-state index in [4.69, 9.17) is 12.2 Å². The van der Waals surface area contributed by atoms with E-state index < -0.39 is 6.04 Å². The van der Waals surface area contributed by atoms with Crippen LogP contribution in [0, 0.1) is 5.92 Å². The van der Waals surface area contributed by atoms with Crippen molar-refractivity contribution in [3.8, 4) is 0 Å². The molecule has 2 aromatic carbocycles. The molecule has 7 heteroatoms. The second-order valence-electron chi connectivity index (χ2n) is 7.78. The molecule has 4 nitrogen and oxygen atoms in total. The molecule has 1 heterocycles. The highest BCUT2D eigenvalue weighted by Gasteiger charge is 2.41. The Morgan fingerprint density at radius 2 is 1.65 bits per heavy atom. The largest absolute Gasteiger partial charge is 0.350 e. The number of amides is 2. The predicted octanol–water partition coefficient (Wildman–Crippen LogP) is 5.43. The number of carbonyl (C=O) groups excluding carboxylic acids is 2. The van der Waals surface area contributed by atoms with E-state index in [0.717, 1.165) is 22.0 Å². The molecule has 1 saturated heterocycles. The fraction of sp³-hybridized carbons (Fsp3) is 0.292. The highest BCUT2D eigenvalue weighted by atomic mass is 79.9. The van der Waals surface area contributed by atoms with Crippen LogP contribution in [-0.2, 0) is 22.6 Å². The highest BCUT2D eigenvalue weighted by Crippen LogP contribution is 2.39. The third-order valence-corrected chi connectivity index (χ3v) is 7.25. The second kappa shape index (κ2) is 11.1. The van der Waals surface area contributed by atoms with E-state index in [-0.39, 0.29) is 11.8 Å². The van der Waals surface area contributed by atoms with Crippen molar-refractivity contribution in [2.24, 2.45) is 5.92 Å². The monoisotopic (exact) mass is 516 g/mol. The lowest BCUT2D eigenvalue weighted by atomic mass is 10.0. The maximum Gasteiger partial charge on any atom is 0.267 e. The van der Waals surface area contributed by atoms with Crippen molar-refractivity contribution >= 4 is 56.0 Å². The van der Waals surface area contributed by atoms with Crippen molar-refractivity contribution in [1.29, 1.82) is 0 Å². The molecule has 31 heavy (non-hydrogen) atoms. The van der Waals surface area contributed by atoms with Crippen molar-refractivity contribution < 1.29 is 9.59 Å². The number of nitrogens with zero attached hydrogens (tertiary/aromatic N) is 1. The van der Waals surface area contributed by atoms with Crippen molar-refractivity contribution in [2.75, 3.05) is 0 Å². The van der Waals surface area contributed by atoms with Crippen LogP contribution in [-0.4, -0.2) is 27.1 Å². The number of carbonyl (C=O) groups is 2. The zero-order chi connectivity index (χ0) is 22.4. The standard InChI is InChI=1S/C24H25BrN2O2S2/c1-16(2)13-19(25)21-23(29)27(24(30)31-21)20(14-17-9-5-3-6-10-17)22(28)26-15-18-11-7-4-8-12-18/h3-12,16,20H,13-15H2,1-2H3,(H,26,28)/b21-19+. The van der Waals surface area contributed by atoms with Gasteiger partial charge < -0.3 is 5.32 Å². The van der Waals surface area contributed by atoms with Crippen LogP contribution in [0.15, 0.2) is 70.1 Å². The number of thiocarbonyl (C=S) groups is 1. The Morgan fingerprint density at radius 3 is 2.23 bits per heavy atom. The first-order chi connectivity index (χ1) is 14.9. The number of benzene rings is 2. The summed E-state index contributed by atoms with van der Waals surface area (Å²) in [4.78, 5) is 28.6. The highest BCUT2D eigenvalue weighted by molar-refractivity contribution is 9.11. The molecule has 0 bridgehead atoms. The van der Waals surface area contributed by atoms with E-state index in [2.05, 4.69) is 35.1 Å². The van der Waals surface area contributed by atoms with Gasteiger partial charge in [0.1, 0.15) is 10.4 Å². The van der Waals surface area contributed by atoms with Crippen LogP contribution >= 0.6 is 39.9 Å². The Morgan fingerprint density at radius 1 is 1.06 bits per heavy atom. The Labute approximate surface area is 201 Å². The quantitative estimate of drug-likeness (QED) is 0.375. The molecule has 1 atom stereocenters. The molecule has 1 aliphatic heterocycles. The molecule has 2 aromatic rings. The first-order valence-electron chi connectivity index (χ1n) is 10.2. The van der Waals surface area contributed by atoms with E-state index in [0.29, 0.717) is 28.1 Å². The molecule has 1 fully saturated rings. The fourth-order valence-electron chi connectivity index (χ4n) is 3.31. The van der Waals surface area contributed by atoms with Gasteiger partial charge in [0, 0.05) is 17.4 Å². The van der Waals surface area contributed by atoms with Crippen LogP contribution < -0.4 is 5.32 Å². The summed E-state index contributed by atoms with van der Waals surface area (Å²) in [6.07, 6.45) is 1.14. The van der Waals surface area contributed by atoms with Gasteiger partial charge in [-0.1, -0.05) is 114 Å². The van der Waals surface area contributed by atoms with Gasteiger partial charge in [0.05, 0.1) is 4.91 Å². The number of thioether (sulfide) groups is 1. The lowest BCUT2D eigenvalue weighted by Gasteiger charge is -2.26. The summed E-state index contributed by atoms with van der Waals surface area (Å²) in [6, 6.07) is 18.7. The smallest absolute Gasteiger partial charge is 0.267 e. The number of hydrogen-bond donors (Lipinski definition) is 1. The van der Waals surface area contributed by atoms with Crippen LogP contribution in [0.1, 0.15) is 31.4 Å². The van der Waals surface area contributed by atoms with Gasteiger partial charge in [-0.2, -0.15) is 0 Å². The second-order valence-corrected chi connectivity index (χ2v) is 10.4. The Kier molecular flexibility index (Phi) is 8.46. The molecule has 1 N–H and O–H groups in total. The molecule has 2 amide bonds. The van der Waals surface area contributed by atoms with Gasteiger partial charge in [-0.05, 0) is 23.5 Å². The van der Waals surface area contributed by atoms with Crippen molar-refractivity contribution in [1.82, 2.24) is 10.2 Å². The van der Waals surface area contributed by atoms with E-state index in [1.165, 1.54) is 16.7 Å². The minimum absolute atomic E-state index is 0.210. The third kappa shape index (κ3) is 6.28. The van der Waals surface area contributed by atoms with Gasteiger partial charge in [0.15, 0.2) is 0 Å². The van der Waals surface area contributed by atoms with Gasteiger partial charge >= 0.3 is 0 Å². The summed E-state index contributed by atoms with van der Waals surface area (Å²) < 4.78 is 1.25. The molecule has 0 radical (unpaired) electrons. The van der Waals surface area contributed by atoms with Crippen molar-refractivity contribution in [3.05, 3.63) is 81.2 Å². The van der Waals surface area contributed by atoms with Crippen LogP contribution in [0.3, 0.4) is 0 Å². The van der Waals surface area contributed by atoms with Crippen LogP contribution in [0.4, 0.5) is 0 Å². The topological polar surface area (TPSA) is 49.4 Å². The summed E-state index contributed by atoms with van der Waals surface area (Å²) in [6.45, 7) is 4.58. The number of nitrogens with one attached hydrogen (secondary N) is 1. The van der Waals surface area contributed by atoms with E-state index in [1.807, 2.05) is 60.7 Å². The van der Waals surface area contributed by atoms with Crippen LogP contribution in [0.25, 0.3) is 0 Å². The third-order valence-electron chi connectivity index (χ3n) is 4.83. The molecule has 0 aromatic heterocycles. The Bertz CT molecular complexity index is 978. The molecule has 0 spiro atoms. The summed E-state index contributed by atoms with van der Waals surface area (Å²) in [5.74, 6) is -0.0317. The predicted molar refractivity (Wildman–Crippen MR) is 135 cm³/mol. The first-order valence-corrected chi connectivity index (χ1v) is 12.2. The maximum absolute atomic E-state index is 13.3. The van der Waals surface area contributed by atoms with Gasteiger partial charge in [0.25, 0.3) is 5.91 Å². The molecule has 0 saturated carbocycles. The molecule has 1 aliphatic rings. The van der Waals surface area contributed by atoms with Gasteiger partial charge in [-0.25, -0.2) is 0 Å². The minimum Gasteiger partial charge on any atom is -0.350 e. The summed E-state index contributed by atoms with van der Waals surface area (Å²) in [7, 11) is 0. The lowest BCUT2D eigenvalue weighted by Crippen LogP contribution is -2.50. The van der Waals surface area contributed by atoms with E-state index >= 15 is 0 Å². The van der Waals surface area contributed by atoms with Crippen molar-refractivity contribution in [2.45, 2.75) is 39.3 Å². The normalized spacial score (nSPS) is 16.6. The molecule has 162 valence electrons. The minimum atomic E-state index is -0.713. The molecular weight excluding hydrogens is 492 g/mol.